The number of aromatic nitrogens is 4. The molecule has 0 bridgehead atoms. The summed E-state index contributed by atoms with van der Waals surface area (Å²) in [4.78, 5) is 12.1. The summed E-state index contributed by atoms with van der Waals surface area (Å²) in [6.45, 7) is 5.52. The van der Waals surface area contributed by atoms with E-state index in [9.17, 15) is 0 Å². The van der Waals surface area contributed by atoms with Crippen LogP contribution in [-0.2, 0) is 4.74 Å². The van der Waals surface area contributed by atoms with Gasteiger partial charge in [-0.25, -0.2) is 14.5 Å². The van der Waals surface area contributed by atoms with Gasteiger partial charge in [0, 0.05) is 44.0 Å². The van der Waals surface area contributed by atoms with Gasteiger partial charge in [0.1, 0.15) is 0 Å². The quantitative estimate of drug-likeness (QED) is 0.715. The Labute approximate surface area is 149 Å². The van der Waals surface area contributed by atoms with Gasteiger partial charge in [-0.3, -0.25) is 4.90 Å². The average molecular weight is 360 g/mol. The molecule has 0 saturated carbocycles. The fourth-order valence-electron chi connectivity index (χ4n) is 2.71. The maximum absolute atomic E-state index is 5.36. The molecule has 0 unspecified atom stereocenters. The van der Waals surface area contributed by atoms with Gasteiger partial charge < -0.3 is 14.8 Å². The van der Waals surface area contributed by atoms with Gasteiger partial charge >= 0.3 is 0 Å². The molecular weight excluding hydrogens is 340 g/mol. The van der Waals surface area contributed by atoms with Gasteiger partial charge in [0.05, 0.1) is 32.2 Å². The van der Waals surface area contributed by atoms with Crippen LogP contribution in [0.1, 0.15) is 0 Å². The summed E-state index contributed by atoms with van der Waals surface area (Å²) in [5.74, 6) is 0.592. The average Bonchev–Trinajstić information content (AvgIpc) is 3.21. The maximum Gasteiger partial charge on any atom is 0.214 e. The zero-order valence-electron chi connectivity index (χ0n) is 14.0. The predicted octanol–water partition coefficient (Wildman–Crippen LogP) is 1.61. The first-order chi connectivity index (χ1) is 12.3. The number of pyridine rings is 1. The van der Waals surface area contributed by atoms with Crippen molar-refractivity contribution < 1.29 is 9.47 Å². The molecule has 1 fully saturated rings. The number of rotatable bonds is 6. The van der Waals surface area contributed by atoms with Crippen molar-refractivity contribution in [2.75, 3.05) is 51.8 Å². The van der Waals surface area contributed by atoms with Crippen molar-refractivity contribution in [1.29, 1.82) is 0 Å². The number of imidazole rings is 1. The first kappa shape index (κ1) is 16.2. The van der Waals surface area contributed by atoms with E-state index in [-0.39, 0.29) is 0 Å². The number of hydrogen-bond donors (Lipinski definition) is 1. The molecule has 0 aromatic carbocycles. The highest BCUT2D eigenvalue weighted by Crippen LogP contribution is 2.24. The molecule has 4 heterocycles. The molecule has 0 atom stereocenters. The van der Waals surface area contributed by atoms with Gasteiger partial charge in [-0.2, -0.15) is 0 Å². The van der Waals surface area contributed by atoms with Crippen LogP contribution in [0.25, 0.3) is 16.2 Å². The molecule has 1 saturated heterocycles. The van der Waals surface area contributed by atoms with Gasteiger partial charge in [-0.05, 0) is 6.07 Å². The van der Waals surface area contributed by atoms with Crippen molar-refractivity contribution in [3.8, 4) is 17.1 Å². The maximum atomic E-state index is 5.36. The minimum absolute atomic E-state index is 0.592. The molecule has 1 N–H and O–H groups in total. The Kier molecular flexibility index (Phi) is 4.77. The number of morpholine rings is 1. The lowest BCUT2D eigenvalue weighted by atomic mass is 10.2. The van der Waals surface area contributed by atoms with Crippen molar-refractivity contribution in [1.82, 2.24) is 24.5 Å². The molecule has 0 aliphatic carbocycles. The second-order valence-electron chi connectivity index (χ2n) is 5.73. The lowest BCUT2D eigenvalue weighted by Crippen LogP contribution is -2.39. The van der Waals surface area contributed by atoms with Gasteiger partial charge in [0.15, 0.2) is 0 Å². The van der Waals surface area contributed by atoms with Crippen LogP contribution in [-0.4, -0.2) is 71.0 Å². The first-order valence-corrected chi connectivity index (χ1v) is 9.04. The van der Waals surface area contributed by atoms with E-state index in [1.807, 2.05) is 18.3 Å². The van der Waals surface area contributed by atoms with Crippen LogP contribution in [0.15, 0.2) is 24.5 Å². The smallest absolute Gasteiger partial charge is 0.214 e. The summed E-state index contributed by atoms with van der Waals surface area (Å²) in [6, 6.07) is 3.77. The lowest BCUT2D eigenvalue weighted by molar-refractivity contribution is 0.0398. The lowest BCUT2D eigenvalue weighted by Gasteiger charge is -2.26. The molecule has 1 aliphatic rings. The number of fused-ring (bicyclic) bond motifs is 1. The van der Waals surface area contributed by atoms with Crippen molar-refractivity contribution in [3.63, 3.8) is 0 Å². The van der Waals surface area contributed by atoms with Gasteiger partial charge in [-0.1, -0.05) is 11.3 Å². The summed E-state index contributed by atoms with van der Waals surface area (Å²) in [6.07, 6.45) is 3.68. The third kappa shape index (κ3) is 3.73. The van der Waals surface area contributed by atoms with E-state index < -0.39 is 0 Å². The number of anilines is 1. The van der Waals surface area contributed by atoms with Crippen LogP contribution < -0.4 is 10.1 Å². The van der Waals surface area contributed by atoms with E-state index in [1.165, 1.54) is 0 Å². The standard InChI is InChI=1S/C16H20N6O2S/c1-23-14-3-2-12(10-18-14)13-11-22-16(19-13)25-15(20-22)17-4-5-21-6-8-24-9-7-21/h2-3,10-11H,4-9H2,1H3,(H,17,20). The Morgan fingerprint density at radius 2 is 2.20 bits per heavy atom. The highest BCUT2D eigenvalue weighted by Gasteiger charge is 2.12. The highest BCUT2D eigenvalue weighted by molar-refractivity contribution is 7.20. The molecular formula is C16H20N6O2S. The molecule has 25 heavy (non-hydrogen) atoms. The van der Waals surface area contributed by atoms with E-state index in [0.29, 0.717) is 5.88 Å². The molecule has 3 aromatic heterocycles. The molecule has 3 aromatic rings. The molecule has 0 spiro atoms. The summed E-state index contributed by atoms with van der Waals surface area (Å²) in [5, 5.41) is 8.81. The molecule has 4 rings (SSSR count). The predicted molar refractivity (Wildman–Crippen MR) is 96.4 cm³/mol. The van der Waals surface area contributed by atoms with Crippen LogP contribution in [0, 0.1) is 0 Å². The zero-order chi connectivity index (χ0) is 17.1. The van der Waals surface area contributed by atoms with E-state index >= 15 is 0 Å². The zero-order valence-corrected chi connectivity index (χ0v) is 14.8. The van der Waals surface area contributed by atoms with Crippen LogP contribution in [0.3, 0.4) is 0 Å². The van der Waals surface area contributed by atoms with Gasteiger partial charge in [-0.15, -0.1) is 5.10 Å². The van der Waals surface area contributed by atoms with Gasteiger partial charge in [0.25, 0.3) is 0 Å². The van der Waals surface area contributed by atoms with E-state index in [4.69, 9.17) is 9.47 Å². The van der Waals surface area contributed by atoms with E-state index in [0.717, 1.165) is 60.7 Å². The summed E-state index contributed by atoms with van der Waals surface area (Å²) >= 11 is 1.55. The van der Waals surface area contributed by atoms with Gasteiger partial charge in [0.2, 0.25) is 16.0 Å². The first-order valence-electron chi connectivity index (χ1n) is 8.22. The summed E-state index contributed by atoms with van der Waals surface area (Å²) in [5.41, 5.74) is 1.80. The third-order valence-electron chi connectivity index (χ3n) is 4.09. The Morgan fingerprint density at radius 1 is 1.32 bits per heavy atom. The molecule has 1 aliphatic heterocycles. The van der Waals surface area contributed by atoms with E-state index in [1.54, 1.807) is 29.2 Å². The Balaban J connectivity index is 1.38. The van der Waals surface area contributed by atoms with Crippen molar-refractivity contribution >= 4 is 21.4 Å². The molecule has 9 heteroatoms. The van der Waals surface area contributed by atoms with Crippen LogP contribution in [0.4, 0.5) is 5.13 Å². The summed E-state index contributed by atoms with van der Waals surface area (Å²) in [7, 11) is 1.60. The molecule has 8 nitrogen and oxygen atoms in total. The summed E-state index contributed by atoms with van der Waals surface area (Å²) < 4.78 is 12.2. The van der Waals surface area contributed by atoms with Crippen LogP contribution in [0.5, 0.6) is 5.88 Å². The number of nitrogens with one attached hydrogen (secondary N) is 1. The van der Waals surface area contributed by atoms with E-state index in [2.05, 4.69) is 25.3 Å². The van der Waals surface area contributed by atoms with Crippen molar-refractivity contribution in [3.05, 3.63) is 24.5 Å². The molecule has 0 amide bonds. The number of ether oxygens (including phenoxy) is 2. The topological polar surface area (TPSA) is 76.8 Å². The fourth-order valence-corrected chi connectivity index (χ4v) is 3.52. The van der Waals surface area contributed by atoms with Crippen LogP contribution in [0.2, 0.25) is 0 Å². The Bertz CT molecular complexity index is 793. The third-order valence-corrected chi connectivity index (χ3v) is 4.97. The monoisotopic (exact) mass is 360 g/mol. The Morgan fingerprint density at radius 3 is 2.92 bits per heavy atom. The fraction of sp³-hybridized carbons (Fsp3) is 0.438. The van der Waals surface area contributed by atoms with Crippen molar-refractivity contribution in [2.24, 2.45) is 0 Å². The normalized spacial score (nSPS) is 15.6. The number of hydrogen-bond acceptors (Lipinski definition) is 8. The minimum Gasteiger partial charge on any atom is -0.481 e. The number of methoxy groups -OCH3 is 1. The van der Waals surface area contributed by atoms with Crippen LogP contribution >= 0.6 is 11.3 Å². The SMILES string of the molecule is COc1ccc(-c2cn3nc(NCCN4CCOCC4)sc3n2)cn1. The molecule has 132 valence electrons. The second kappa shape index (κ2) is 7.34. The largest absolute Gasteiger partial charge is 0.481 e. The minimum atomic E-state index is 0.592. The van der Waals surface area contributed by atoms with Crippen molar-refractivity contribution in [2.45, 2.75) is 0 Å². The number of nitrogens with zero attached hydrogens (tertiary/aromatic N) is 5. The highest BCUT2D eigenvalue weighted by atomic mass is 32.1. The second-order valence-corrected chi connectivity index (χ2v) is 6.69. The molecule has 0 radical (unpaired) electrons. The Hall–Kier alpha value is -2.23.